The molecule has 10 heteroatoms. The van der Waals surface area contributed by atoms with Gasteiger partial charge in [0.15, 0.2) is 9.84 Å². The maximum atomic E-state index is 13.6. The minimum Gasteiger partial charge on any atom is -0.496 e. The third-order valence-electron chi connectivity index (χ3n) is 6.34. The molecule has 1 heterocycles. The molecule has 2 atom stereocenters. The van der Waals surface area contributed by atoms with Crippen LogP contribution >= 0.6 is 0 Å². The highest BCUT2D eigenvalue weighted by molar-refractivity contribution is 7.91. The van der Waals surface area contributed by atoms with Crippen molar-refractivity contribution >= 4 is 21.8 Å². The Kier molecular flexibility index (Phi) is 9.47. The van der Waals surface area contributed by atoms with E-state index < -0.39 is 27.8 Å². The van der Waals surface area contributed by atoms with E-state index in [1.165, 1.54) is 7.11 Å². The molecular formula is C26H34N2O7S. The summed E-state index contributed by atoms with van der Waals surface area (Å²) in [4.78, 5) is 22.5. The van der Waals surface area contributed by atoms with Crippen LogP contribution < -0.4 is 15.4 Å². The van der Waals surface area contributed by atoms with Crippen molar-refractivity contribution in [2.24, 2.45) is 0 Å². The molecule has 0 saturated carbocycles. The number of benzene rings is 2. The molecule has 196 valence electrons. The molecule has 3 rings (SSSR count). The van der Waals surface area contributed by atoms with Crippen molar-refractivity contribution in [3.63, 3.8) is 0 Å². The summed E-state index contributed by atoms with van der Waals surface area (Å²) in [6, 6.07) is 11.5. The number of aliphatic carboxylic acids is 2. The van der Waals surface area contributed by atoms with Crippen LogP contribution in [0.25, 0.3) is 0 Å². The van der Waals surface area contributed by atoms with Crippen molar-refractivity contribution in [2.75, 3.05) is 12.9 Å². The second kappa shape index (κ2) is 12.3. The lowest BCUT2D eigenvalue weighted by Crippen LogP contribution is -2.35. The molecule has 9 nitrogen and oxygen atoms in total. The van der Waals surface area contributed by atoms with E-state index in [1.54, 1.807) is 12.1 Å². The molecular weight excluding hydrogens is 484 g/mol. The molecule has 0 radical (unpaired) electrons. The van der Waals surface area contributed by atoms with E-state index in [0.717, 1.165) is 24.8 Å². The summed E-state index contributed by atoms with van der Waals surface area (Å²) >= 11 is 0. The molecule has 0 spiro atoms. The first-order valence-electron chi connectivity index (χ1n) is 12.1. The number of nitrogens with one attached hydrogen (secondary N) is 2. The number of rotatable bonds is 12. The molecule has 36 heavy (non-hydrogen) atoms. The highest BCUT2D eigenvalue weighted by Gasteiger charge is 2.34. The average Bonchev–Trinajstić information content (AvgIpc) is 2.93. The summed E-state index contributed by atoms with van der Waals surface area (Å²) in [6.45, 7) is 2.13. The Labute approximate surface area is 211 Å². The fraction of sp³-hybridized carbons (Fsp3) is 0.462. The topological polar surface area (TPSA) is 142 Å². The van der Waals surface area contributed by atoms with Gasteiger partial charge in [-0.15, -0.1) is 0 Å². The van der Waals surface area contributed by atoms with Crippen LogP contribution in [0.5, 0.6) is 5.75 Å². The van der Waals surface area contributed by atoms with Crippen LogP contribution in [0.15, 0.2) is 47.4 Å². The minimum absolute atomic E-state index is 0.0385. The summed E-state index contributed by atoms with van der Waals surface area (Å²) < 4.78 is 32.7. The third-order valence-corrected chi connectivity index (χ3v) is 8.21. The van der Waals surface area contributed by atoms with E-state index in [2.05, 4.69) is 17.6 Å². The Hall–Kier alpha value is -2.95. The first kappa shape index (κ1) is 27.6. The van der Waals surface area contributed by atoms with Gasteiger partial charge >= 0.3 is 11.9 Å². The molecule has 0 unspecified atom stereocenters. The van der Waals surface area contributed by atoms with Crippen molar-refractivity contribution in [3.8, 4) is 5.75 Å². The van der Waals surface area contributed by atoms with Gasteiger partial charge in [-0.1, -0.05) is 50.1 Å². The second-order valence-electron chi connectivity index (χ2n) is 9.11. The largest absolute Gasteiger partial charge is 0.496 e. The zero-order chi connectivity index (χ0) is 26.3. The molecule has 0 fully saturated rings. The summed E-state index contributed by atoms with van der Waals surface area (Å²) in [7, 11) is -2.17. The Morgan fingerprint density at radius 2 is 1.81 bits per heavy atom. The molecule has 0 bridgehead atoms. The van der Waals surface area contributed by atoms with Crippen molar-refractivity contribution in [1.82, 2.24) is 10.6 Å². The quantitative estimate of drug-likeness (QED) is 0.333. The maximum absolute atomic E-state index is 13.6. The zero-order valence-corrected chi connectivity index (χ0v) is 21.4. The Morgan fingerprint density at radius 1 is 1.14 bits per heavy atom. The lowest BCUT2D eigenvalue weighted by atomic mass is 9.95. The van der Waals surface area contributed by atoms with Gasteiger partial charge in [-0.05, 0) is 29.7 Å². The number of carboxylic acids is 2. The van der Waals surface area contributed by atoms with Crippen LogP contribution in [-0.4, -0.2) is 55.5 Å². The molecule has 4 N–H and O–H groups in total. The van der Waals surface area contributed by atoms with Gasteiger partial charge in [0.25, 0.3) is 0 Å². The Bertz CT molecular complexity index is 1150. The van der Waals surface area contributed by atoms with Gasteiger partial charge in [0.2, 0.25) is 0 Å². The first-order valence-corrected chi connectivity index (χ1v) is 13.7. The van der Waals surface area contributed by atoms with E-state index in [1.807, 2.05) is 30.3 Å². The summed E-state index contributed by atoms with van der Waals surface area (Å²) in [5.74, 6) is -1.85. The summed E-state index contributed by atoms with van der Waals surface area (Å²) in [5.41, 5.74) is 2.04. The number of fused-ring (bicyclic) bond motifs is 1. The SMILES string of the molecule is CCCC[C@@H]1CS(=O)(=O)c2cc(CNC(CC(=O)O)CC(=O)O)c(OC)cc2[C@@H](c2ccccc2)N1. The molecule has 0 saturated heterocycles. The molecule has 0 aliphatic carbocycles. The number of hydrogen-bond donors (Lipinski definition) is 4. The van der Waals surface area contributed by atoms with Crippen LogP contribution in [0.1, 0.15) is 61.8 Å². The molecule has 0 amide bonds. The predicted molar refractivity (Wildman–Crippen MR) is 135 cm³/mol. The van der Waals surface area contributed by atoms with E-state index >= 15 is 0 Å². The van der Waals surface area contributed by atoms with Gasteiger partial charge in [-0.2, -0.15) is 0 Å². The second-order valence-corrected chi connectivity index (χ2v) is 11.1. The highest BCUT2D eigenvalue weighted by Crippen LogP contribution is 2.37. The van der Waals surface area contributed by atoms with Gasteiger partial charge < -0.3 is 25.6 Å². The van der Waals surface area contributed by atoms with Gasteiger partial charge in [0, 0.05) is 24.2 Å². The van der Waals surface area contributed by atoms with E-state index in [4.69, 9.17) is 14.9 Å². The monoisotopic (exact) mass is 518 g/mol. The lowest BCUT2D eigenvalue weighted by molar-refractivity contribution is -0.139. The number of unbranched alkanes of at least 4 members (excludes halogenated alkanes) is 1. The van der Waals surface area contributed by atoms with Gasteiger partial charge in [-0.25, -0.2) is 8.42 Å². The van der Waals surface area contributed by atoms with Crippen LogP contribution in [0.3, 0.4) is 0 Å². The lowest BCUT2D eigenvalue weighted by Gasteiger charge is -2.24. The number of ether oxygens (including phenoxy) is 1. The predicted octanol–water partition coefficient (Wildman–Crippen LogP) is 3.13. The van der Waals surface area contributed by atoms with Crippen molar-refractivity contribution < 1.29 is 33.0 Å². The fourth-order valence-corrected chi connectivity index (χ4v) is 6.43. The smallest absolute Gasteiger partial charge is 0.304 e. The zero-order valence-electron chi connectivity index (χ0n) is 20.6. The number of sulfone groups is 1. The number of methoxy groups -OCH3 is 1. The van der Waals surface area contributed by atoms with Crippen molar-refractivity contribution in [1.29, 1.82) is 0 Å². The minimum atomic E-state index is -3.66. The van der Waals surface area contributed by atoms with Gasteiger partial charge in [0.1, 0.15) is 5.75 Å². The summed E-state index contributed by atoms with van der Waals surface area (Å²) in [6.07, 6.45) is 1.83. The standard InChI is InChI=1S/C26H34N2O7S/c1-3-4-10-19-16-36(33,34)23-11-18(15-27-20(12-24(29)30)13-25(31)32)22(35-2)14-21(23)26(28-19)17-8-6-5-7-9-17/h5-9,11,14,19-20,26-28H,3-4,10,12-13,15-16H2,1-2H3,(H,29,30)(H,31,32)/t19-,26-/m1/s1. The molecule has 1 aliphatic rings. The highest BCUT2D eigenvalue weighted by atomic mass is 32.2. The van der Waals surface area contributed by atoms with Crippen LogP contribution in [-0.2, 0) is 26.0 Å². The Balaban J connectivity index is 2.04. The fourth-order valence-electron chi connectivity index (χ4n) is 4.60. The molecule has 1 aliphatic heterocycles. The normalized spacial score (nSPS) is 18.9. The van der Waals surface area contributed by atoms with Crippen molar-refractivity contribution in [3.05, 3.63) is 59.2 Å². The maximum Gasteiger partial charge on any atom is 0.304 e. The number of carbonyl (C=O) groups is 2. The average molecular weight is 519 g/mol. The Morgan fingerprint density at radius 3 is 2.39 bits per heavy atom. The summed E-state index contributed by atoms with van der Waals surface area (Å²) in [5, 5.41) is 24.8. The molecule has 2 aromatic rings. The van der Waals surface area contributed by atoms with Crippen molar-refractivity contribution in [2.45, 2.75) is 68.6 Å². The number of carboxylic acid groups (broad SMARTS) is 2. The number of hydrogen-bond acceptors (Lipinski definition) is 7. The van der Waals surface area contributed by atoms with Gasteiger partial charge in [0.05, 0.1) is 36.6 Å². The van der Waals surface area contributed by atoms with Gasteiger partial charge in [-0.3, -0.25) is 9.59 Å². The molecule has 0 aromatic heterocycles. The molecule has 2 aromatic carbocycles. The first-order chi connectivity index (χ1) is 17.1. The van der Waals surface area contributed by atoms with E-state index in [9.17, 15) is 18.0 Å². The van der Waals surface area contributed by atoms with E-state index in [0.29, 0.717) is 16.9 Å². The van der Waals surface area contributed by atoms with Crippen LogP contribution in [0.4, 0.5) is 0 Å². The van der Waals surface area contributed by atoms with Crippen LogP contribution in [0, 0.1) is 0 Å². The van der Waals surface area contributed by atoms with E-state index in [-0.39, 0.29) is 42.1 Å². The van der Waals surface area contributed by atoms with Crippen LogP contribution in [0.2, 0.25) is 0 Å². The third kappa shape index (κ3) is 7.05.